The fraction of sp³-hybridized carbons (Fsp3) is 0.571. The smallest absolute Gasteiger partial charge is 0.269 e. The summed E-state index contributed by atoms with van der Waals surface area (Å²) in [4.78, 5) is 12.6. The molecule has 5 nitrogen and oxygen atoms in total. The van der Waals surface area contributed by atoms with Crippen molar-refractivity contribution in [1.29, 1.82) is 0 Å². The Labute approximate surface area is 112 Å². The third-order valence-electron chi connectivity index (χ3n) is 4.52. The summed E-state index contributed by atoms with van der Waals surface area (Å²) in [5.41, 5.74) is 7.28. The third kappa shape index (κ3) is 2.42. The molecule has 3 atom stereocenters. The first kappa shape index (κ1) is 12.4. The molecule has 2 fully saturated rings. The van der Waals surface area contributed by atoms with E-state index < -0.39 is 0 Å². The lowest BCUT2D eigenvalue weighted by Gasteiger charge is -2.27. The van der Waals surface area contributed by atoms with Crippen LogP contribution in [0, 0.1) is 22.0 Å². The highest BCUT2D eigenvalue weighted by atomic mass is 16.6. The van der Waals surface area contributed by atoms with Gasteiger partial charge in [-0.15, -0.1) is 0 Å². The van der Waals surface area contributed by atoms with E-state index in [2.05, 4.69) is 4.90 Å². The second-order valence-electron chi connectivity index (χ2n) is 5.77. The van der Waals surface area contributed by atoms with E-state index in [0.717, 1.165) is 37.5 Å². The minimum Gasteiger partial charge on any atom is -0.371 e. The van der Waals surface area contributed by atoms with Crippen molar-refractivity contribution < 1.29 is 4.92 Å². The average molecular weight is 261 g/mol. The Balaban J connectivity index is 1.72. The van der Waals surface area contributed by atoms with Crippen LogP contribution in [0.4, 0.5) is 11.4 Å². The number of fused-ring (bicyclic) bond motifs is 1. The molecule has 0 bridgehead atoms. The molecule has 1 aliphatic carbocycles. The number of benzene rings is 1. The van der Waals surface area contributed by atoms with Gasteiger partial charge in [-0.3, -0.25) is 10.1 Å². The lowest BCUT2D eigenvalue weighted by atomic mass is 9.79. The van der Waals surface area contributed by atoms with Crippen molar-refractivity contribution in [3.8, 4) is 0 Å². The third-order valence-corrected chi connectivity index (χ3v) is 4.52. The number of nitro benzene ring substituents is 1. The Bertz CT molecular complexity index is 474. The van der Waals surface area contributed by atoms with Crippen LogP contribution in [0.1, 0.15) is 19.3 Å². The zero-order chi connectivity index (χ0) is 13.4. The minimum atomic E-state index is -0.355. The van der Waals surface area contributed by atoms with Crippen LogP contribution in [0.2, 0.25) is 0 Å². The van der Waals surface area contributed by atoms with Gasteiger partial charge in [-0.1, -0.05) is 0 Å². The molecule has 1 aliphatic heterocycles. The van der Waals surface area contributed by atoms with E-state index in [1.54, 1.807) is 12.1 Å². The summed E-state index contributed by atoms with van der Waals surface area (Å²) in [6.45, 7) is 2.10. The van der Waals surface area contributed by atoms with E-state index >= 15 is 0 Å². The van der Waals surface area contributed by atoms with Gasteiger partial charge < -0.3 is 10.6 Å². The molecule has 1 heterocycles. The summed E-state index contributed by atoms with van der Waals surface area (Å²) in [7, 11) is 0. The second-order valence-corrected chi connectivity index (χ2v) is 5.77. The highest BCUT2D eigenvalue weighted by molar-refractivity contribution is 5.51. The van der Waals surface area contributed by atoms with E-state index in [1.807, 2.05) is 12.1 Å². The van der Waals surface area contributed by atoms with Crippen LogP contribution in [0.25, 0.3) is 0 Å². The molecule has 2 aliphatic rings. The van der Waals surface area contributed by atoms with Gasteiger partial charge in [0.25, 0.3) is 5.69 Å². The van der Waals surface area contributed by atoms with Crippen molar-refractivity contribution in [1.82, 2.24) is 0 Å². The first-order valence-electron chi connectivity index (χ1n) is 6.88. The van der Waals surface area contributed by atoms with Gasteiger partial charge >= 0.3 is 0 Å². The predicted molar refractivity (Wildman–Crippen MR) is 74.1 cm³/mol. The zero-order valence-corrected chi connectivity index (χ0v) is 10.9. The largest absolute Gasteiger partial charge is 0.371 e. The molecule has 19 heavy (non-hydrogen) atoms. The number of nitrogens with two attached hydrogens (primary N) is 1. The Morgan fingerprint density at radius 2 is 1.84 bits per heavy atom. The summed E-state index contributed by atoms with van der Waals surface area (Å²) in [5, 5.41) is 10.7. The van der Waals surface area contributed by atoms with Crippen LogP contribution in [-0.2, 0) is 0 Å². The summed E-state index contributed by atoms with van der Waals surface area (Å²) in [6.07, 6.45) is 3.47. The number of hydrogen-bond donors (Lipinski definition) is 1. The maximum atomic E-state index is 10.7. The van der Waals surface area contributed by atoms with Crippen molar-refractivity contribution >= 4 is 11.4 Å². The Hall–Kier alpha value is -1.62. The van der Waals surface area contributed by atoms with Crippen molar-refractivity contribution in [2.75, 3.05) is 18.0 Å². The molecule has 5 heteroatoms. The molecule has 0 spiro atoms. The van der Waals surface area contributed by atoms with E-state index in [4.69, 9.17) is 5.73 Å². The summed E-state index contributed by atoms with van der Waals surface area (Å²) in [6, 6.07) is 7.25. The zero-order valence-electron chi connectivity index (χ0n) is 10.9. The molecule has 1 saturated heterocycles. The lowest BCUT2D eigenvalue weighted by Crippen LogP contribution is -2.32. The number of nitro groups is 1. The molecule has 3 rings (SSSR count). The van der Waals surface area contributed by atoms with Gasteiger partial charge in [0.1, 0.15) is 0 Å². The van der Waals surface area contributed by atoms with Crippen LogP contribution in [0.15, 0.2) is 24.3 Å². The Morgan fingerprint density at radius 1 is 1.16 bits per heavy atom. The molecule has 1 aromatic rings. The number of anilines is 1. The Morgan fingerprint density at radius 3 is 2.53 bits per heavy atom. The number of hydrogen-bond acceptors (Lipinski definition) is 4. The molecule has 1 unspecified atom stereocenters. The molecule has 102 valence electrons. The van der Waals surface area contributed by atoms with Gasteiger partial charge in [0.2, 0.25) is 0 Å². The fourth-order valence-corrected chi connectivity index (χ4v) is 3.46. The van der Waals surface area contributed by atoms with E-state index in [0.29, 0.717) is 12.0 Å². The predicted octanol–water partition coefficient (Wildman–Crippen LogP) is 2.16. The molecule has 0 amide bonds. The van der Waals surface area contributed by atoms with Crippen LogP contribution < -0.4 is 10.6 Å². The van der Waals surface area contributed by atoms with Gasteiger partial charge in [-0.25, -0.2) is 0 Å². The first-order chi connectivity index (χ1) is 9.13. The van der Waals surface area contributed by atoms with Gasteiger partial charge in [-0.2, -0.15) is 0 Å². The topological polar surface area (TPSA) is 72.4 Å². The summed E-state index contributed by atoms with van der Waals surface area (Å²) < 4.78 is 0. The average Bonchev–Trinajstić information content (AvgIpc) is 2.81. The highest BCUT2D eigenvalue weighted by Gasteiger charge is 2.36. The molecule has 0 aromatic heterocycles. The first-order valence-corrected chi connectivity index (χ1v) is 6.88. The monoisotopic (exact) mass is 261 g/mol. The van der Waals surface area contributed by atoms with Crippen molar-refractivity contribution in [3.05, 3.63) is 34.4 Å². The van der Waals surface area contributed by atoms with Crippen LogP contribution in [0.3, 0.4) is 0 Å². The van der Waals surface area contributed by atoms with E-state index in [9.17, 15) is 10.1 Å². The molecular weight excluding hydrogens is 242 g/mol. The Kier molecular flexibility index (Phi) is 3.14. The van der Waals surface area contributed by atoms with Gasteiger partial charge in [0, 0.05) is 37.0 Å². The SMILES string of the molecule is NC1CC[C@@H]2CN(c3ccc([N+](=O)[O-])cc3)C[C@@H]2C1. The summed E-state index contributed by atoms with van der Waals surface area (Å²) >= 11 is 0. The normalized spacial score (nSPS) is 30.2. The van der Waals surface area contributed by atoms with Crippen LogP contribution in [-0.4, -0.2) is 24.1 Å². The molecule has 1 saturated carbocycles. The number of rotatable bonds is 2. The van der Waals surface area contributed by atoms with Crippen LogP contribution >= 0.6 is 0 Å². The van der Waals surface area contributed by atoms with Gasteiger partial charge in [0.05, 0.1) is 4.92 Å². The number of non-ortho nitro benzene ring substituents is 1. The van der Waals surface area contributed by atoms with Gasteiger partial charge in [0.15, 0.2) is 0 Å². The molecular formula is C14H19N3O2. The van der Waals surface area contributed by atoms with E-state index in [-0.39, 0.29) is 10.6 Å². The molecule has 1 aromatic carbocycles. The van der Waals surface area contributed by atoms with Crippen molar-refractivity contribution in [2.24, 2.45) is 17.6 Å². The quantitative estimate of drug-likeness (QED) is 0.654. The molecule has 0 radical (unpaired) electrons. The fourth-order valence-electron chi connectivity index (χ4n) is 3.46. The maximum absolute atomic E-state index is 10.7. The second kappa shape index (κ2) is 4.81. The van der Waals surface area contributed by atoms with Gasteiger partial charge in [-0.05, 0) is 43.2 Å². The number of nitrogens with zero attached hydrogens (tertiary/aromatic N) is 2. The van der Waals surface area contributed by atoms with E-state index in [1.165, 1.54) is 6.42 Å². The van der Waals surface area contributed by atoms with Crippen molar-refractivity contribution in [3.63, 3.8) is 0 Å². The maximum Gasteiger partial charge on any atom is 0.269 e. The van der Waals surface area contributed by atoms with Crippen LogP contribution in [0.5, 0.6) is 0 Å². The highest BCUT2D eigenvalue weighted by Crippen LogP contribution is 2.37. The summed E-state index contributed by atoms with van der Waals surface area (Å²) in [5.74, 6) is 1.44. The lowest BCUT2D eigenvalue weighted by molar-refractivity contribution is -0.384. The minimum absolute atomic E-state index is 0.155. The van der Waals surface area contributed by atoms with Crippen molar-refractivity contribution in [2.45, 2.75) is 25.3 Å². The standard InChI is InChI=1S/C14H19N3O2/c15-12-2-1-10-8-16(9-11(10)7-12)13-3-5-14(6-4-13)17(18)19/h3-6,10-12H,1-2,7-9,15H2/t10-,11+,12?/m1/s1. The molecule has 2 N–H and O–H groups in total.